The maximum Gasteiger partial charge on any atom is 0.355 e. The highest BCUT2D eigenvalue weighted by molar-refractivity contribution is 9.10. The minimum atomic E-state index is -0.766. The standard InChI is InChI=1S/C26H20BrClN2O5S/c1-15(34-19-9-5-4-8-18(19)27)25(31)30-29-14-16-11-12-20(21(13-16)33-2)35-26(32)24-23(28)17-7-3-6-10-22(17)36-24/h3-15H,1-2H3,(H,30,31)/b29-14+. The van der Waals surface area contributed by atoms with E-state index in [1.54, 1.807) is 31.2 Å². The van der Waals surface area contributed by atoms with Crippen LogP contribution < -0.4 is 19.6 Å². The third-order valence-corrected chi connectivity index (χ3v) is 7.32. The summed E-state index contributed by atoms with van der Waals surface area (Å²) < 4.78 is 18.2. The largest absolute Gasteiger partial charge is 0.493 e. The van der Waals surface area contributed by atoms with Crippen molar-refractivity contribution >= 4 is 67.0 Å². The number of nitrogens with one attached hydrogen (secondary N) is 1. The van der Waals surface area contributed by atoms with Gasteiger partial charge in [0.05, 0.1) is 22.8 Å². The Morgan fingerprint density at radius 3 is 2.56 bits per heavy atom. The first-order valence-corrected chi connectivity index (χ1v) is 12.7. The molecule has 1 N–H and O–H groups in total. The molecule has 1 amide bonds. The van der Waals surface area contributed by atoms with Crippen LogP contribution in [-0.2, 0) is 4.79 Å². The van der Waals surface area contributed by atoms with Crippen LogP contribution in [0.5, 0.6) is 17.2 Å². The van der Waals surface area contributed by atoms with Gasteiger partial charge in [-0.2, -0.15) is 5.10 Å². The average molecular weight is 588 g/mol. The third kappa shape index (κ3) is 5.87. The zero-order chi connectivity index (χ0) is 25.7. The Morgan fingerprint density at radius 1 is 1.06 bits per heavy atom. The monoisotopic (exact) mass is 586 g/mol. The van der Waals surface area contributed by atoms with E-state index >= 15 is 0 Å². The van der Waals surface area contributed by atoms with Crippen molar-refractivity contribution in [2.24, 2.45) is 5.10 Å². The molecule has 1 heterocycles. The van der Waals surface area contributed by atoms with Gasteiger partial charge in [0.1, 0.15) is 10.6 Å². The fourth-order valence-corrected chi connectivity index (χ4v) is 4.95. The number of esters is 1. The summed E-state index contributed by atoms with van der Waals surface area (Å²) >= 11 is 11.0. The van der Waals surface area contributed by atoms with Crippen LogP contribution in [0.3, 0.4) is 0 Å². The third-order valence-electron chi connectivity index (χ3n) is 5.01. The molecule has 10 heteroatoms. The SMILES string of the molecule is COc1cc(/C=N/NC(=O)C(C)Oc2ccccc2Br)ccc1OC(=O)c1sc2ccccc2c1Cl. The van der Waals surface area contributed by atoms with Crippen LogP contribution in [-0.4, -0.2) is 31.3 Å². The second-order valence-corrected chi connectivity index (χ2v) is 9.75. The molecule has 184 valence electrons. The molecule has 1 aromatic heterocycles. The quantitative estimate of drug-likeness (QED) is 0.111. The van der Waals surface area contributed by atoms with E-state index in [4.69, 9.17) is 25.8 Å². The molecular formula is C26H20BrClN2O5S. The van der Waals surface area contributed by atoms with Crippen LogP contribution >= 0.6 is 38.9 Å². The van der Waals surface area contributed by atoms with Crippen LogP contribution in [0.4, 0.5) is 0 Å². The molecule has 1 unspecified atom stereocenters. The van der Waals surface area contributed by atoms with E-state index in [0.29, 0.717) is 27.0 Å². The van der Waals surface area contributed by atoms with Gasteiger partial charge in [-0.3, -0.25) is 4.79 Å². The molecule has 0 spiro atoms. The van der Waals surface area contributed by atoms with Gasteiger partial charge in [0, 0.05) is 10.1 Å². The van der Waals surface area contributed by atoms with E-state index in [2.05, 4.69) is 26.5 Å². The number of hydrazone groups is 1. The number of para-hydroxylation sites is 1. The summed E-state index contributed by atoms with van der Waals surface area (Å²) in [6, 6.07) is 19.6. The van der Waals surface area contributed by atoms with Gasteiger partial charge in [-0.05, 0) is 64.8 Å². The first-order valence-electron chi connectivity index (χ1n) is 10.7. The van der Waals surface area contributed by atoms with Crippen LogP contribution in [0.15, 0.2) is 76.3 Å². The van der Waals surface area contributed by atoms with Crippen molar-refractivity contribution in [2.75, 3.05) is 7.11 Å². The minimum absolute atomic E-state index is 0.229. The second kappa shape index (κ2) is 11.6. The number of ether oxygens (including phenoxy) is 3. The highest BCUT2D eigenvalue weighted by Crippen LogP contribution is 2.37. The molecule has 0 saturated heterocycles. The Morgan fingerprint density at radius 2 is 1.81 bits per heavy atom. The van der Waals surface area contributed by atoms with Gasteiger partial charge in [-0.1, -0.05) is 41.9 Å². The number of rotatable bonds is 8. The maximum absolute atomic E-state index is 12.8. The van der Waals surface area contributed by atoms with Gasteiger partial charge < -0.3 is 14.2 Å². The molecule has 0 saturated carbocycles. The van der Waals surface area contributed by atoms with Crippen molar-refractivity contribution in [3.8, 4) is 17.2 Å². The predicted molar refractivity (Wildman–Crippen MR) is 145 cm³/mol. The molecule has 7 nitrogen and oxygen atoms in total. The van der Waals surface area contributed by atoms with E-state index in [1.165, 1.54) is 24.7 Å². The number of nitrogens with zero attached hydrogens (tertiary/aromatic N) is 1. The fraction of sp³-hybridized carbons (Fsp3) is 0.115. The number of fused-ring (bicyclic) bond motifs is 1. The summed E-state index contributed by atoms with van der Waals surface area (Å²) in [5.41, 5.74) is 3.06. The van der Waals surface area contributed by atoms with E-state index in [-0.39, 0.29) is 5.75 Å². The fourth-order valence-electron chi connectivity index (χ4n) is 3.19. The molecule has 4 rings (SSSR count). The number of thiophene rings is 1. The van der Waals surface area contributed by atoms with Crippen molar-refractivity contribution in [1.82, 2.24) is 5.43 Å². The Kier molecular flexibility index (Phi) is 8.25. The number of carbonyl (C=O) groups excluding carboxylic acids is 2. The van der Waals surface area contributed by atoms with E-state index < -0.39 is 18.0 Å². The highest BCUT2D eigenvalue weighted by Gasteiger charge is 2.20. The zero-order valence-electron chi connectivity index (χ0n) is 19.2. The summed E-state index contributed by atoms with van der Waals surface area (Å²) in [5.74, 6) is 0.108. The number of hydrogen-bond donors (Lipinski definition) is 1. The molecule has 0 radical (unpaired) electrons. The molecule has 0 fully saturated rings. The first kappa shape index (κ1) is 25.7. The van der Waals surface area contributed by atoms with E-state index in [9.17, 15) is 9.59 Å². The van der Waals surface area contributed by atoms with Crippen molar-refractivity contribution in [1.29, 1.82) is 0 Å². The molecular weight excluding hydrogens is 568 g/mol. The van der Waals surface area contributed by atoms with Crippen molar-refractivity contribution in [2.45, 2.75) is 13.0 Å². The number of benzene rings is 3. The second-order valence-electron chi connectivity index (χ2n) is 7.47. The van der Waals surface area contributed by atoms with Gasteiger partial charge in [-0.25, -0.2) is 10.2 Å². The predicted octanol–water partition coefficient (Wildman–Crippen LogP) is 6.46. The van der Waals surface area contributed by atoms with Crippen molar-refractivity contribution in [3.05, 3.63) is 86.7 Å². The Balaban J connectivity index is 1.40. The Hall–Kier alpha value is -3.40. The number of amides is 1. The maximum atomic E-state index is 12.8. The summed E-state index contributed by atoms with van der Waals surface area (Å²) in [6.07, 6.45) is 0.679. The molecule has 0 bridgehead atoms. The van der Waals surface area contributed by atoms with Gasteiger partial charge >= 0.3 is 5.97 Å². The molecule has 4 aromatic rings. The average Bonchev–Trinajstić information content (AvgIpc) is 3.22. The molecule has 3 aromatic carbocycles. The first-order chi connectivity index (χ1) is 17.4. The minimum Gasteiger partial charge on any atom is -0.493 e. The lowest BCUT2D eigenvalue weighted by atomic mass is 10.2. The summed E-state index contributed by atoms with van der Waals surface area (Å²) in [5, 5.41) is 5.14. The smallest absolute Gasteiger partial charge is 0.355 e. The van der Waals surface area contributed by atoms with Crippen LogP contribution in [0, 0.1) is 0 Å². The van der Waals surface area contributed by atoms with Crippen LogP contribution in [0.2, 0.25) is 5.02 Å². The number of methoxy groups -OCH3 is 1. The van der Waals surface area contributed by atoms with Gasteiger partial charge in [0.25, 0.3) is 5.91 Å². The lowest BCUT2D eigenvalue weighted by Crippen LogP contribution is -2.33. The number of carbonyl (C=O) groups is 2. The van der Waals surface area contributed by atoms with Gasteiger partial charge in [-0.15, -0.1) is 11.3 Å². The normalized spacial score (nSPS) is 11.9. The van der Waals surface area contributed by atoms with E-state index in [1.807, 2.05) is 42.5 Å². The number of halogens is 2. The topological polar surface area (TPSA) is 86.2 Å². The molecule has 1 atom stereocenters. The zero-order valence-corrected chi connectivity index (χ0v) is 22.3. The molecule has 36 heavy (non-hydrogen) atoms. The summed E-state index contributed by atoms with van der Waals surface area (Å²) in [6.45, 7) is 1.62. The highest BCUT2D eigenvalue weighted by atomic mass is 79.9. The van der Waals surface area contributed by atoms with Crippen LogP contribution in [0.1, 0.15) is 22.2 Å². The lowest BCUT2D eigenvalue weighted by Gasteiger charge is -2.14. The Labute approximate surface area is 224 Å². The number of hydrogen-bond acceptors (Lipinski definition) is 7. The van der Waals surface area contributed by atoms with Gasteiger partial charge in [0.2, 0.25) is 0 Å². The van der Waals surface area contributed by atoms with E-state index in [0.717, 1.165) is 14.6 Å². The van der Waals surface area contributed by atoms with Crippen LogP contribution in [0.25, 0.3) is 10.1 Å². The summed E-state index contributed by atoms with van der Waals surface area (Å²) in [7, 11) is 1.46. The lowest BCUT2D eigenvalue weighted by molar-refractivity contribution is -0.127. The summed E-state index contributed by atoms with van der Waals surface area (Å²) in [4.78, 5) is 25.4. The Bertz CT molecular complexity index is 1460. The van der Waals surface area contributed by atoms with Gasteiger partial charge in [0.15, 0.2) is 17.6 Å². The molecule has 0 aliphatic carbocycles. The van der Waals surface area contributed by atoms with Crippen molar-refractivity contribution in [3.63, 3.8) is 0 Å². The van der Waals surface area contributed by atoms with Crippen molar-refractivity contribution < 1.29 is 23.8 Å². The molecule has 0 aliphatic heterocycles. The molecule has 0 aliphatic rings.